The molecule has 4 nitrogen and oxygen atoms in total. The molecule has 0 saturated heterocycles. The Morgan fingerprint density at radius 3 is 2.73 bits per heavy atom. The molecule has 1 aromatic heterocycles. The Bertz CT molecular complexity index is 374. The highest BCUT2D eigenvalue weighted by Crippen LogP contribution is 2.21. The zero-order valence-corrected chi connectivity index (χ0v) is 9.42. The molecule has 0 amide bonds. The van der Waals surface area contributed by atoms with Crippen LogP contribution in [0, 0.1) is 19.3 Å². The molecule has 0 saturated carbocycles. The number of amidine groups is 1. The normalized spacial score (nSPS) is 10.1. The van der Waals surface area contributed by atoms with Crippen molar-refractivity contribution >= 4 is 5.84 Å². The number of aromatic nitrogens is 1. The number of nitrogen functional groups attached to an aromatic ring is 1. The van der Waals surface area contributed by atoms with Gasteiger partial charge in [-0.1, -0.05) is 6.92 Å². The summed E-state index contributed by atoms with van der Waals surface area (Å²) in [6.07, 6.45) is 0.928. The zero-order valence-electron chi connectivity index (χ0n) is 9.42. The summed E-state index contributed by atoms with van der Waals surface area (Å²) in [6.45, 7) is 6.40. The molecule has 82 valence electrons. The van der Waals surface area contributed by atoms with Gasteiger partial charge in [0, 0.05) is 11.8 Å². The number of nitrogens with zero attached hydrogens (tertiary/aromatic N) is 1. The van der Waals surface area contributed by atoms with Crippen LogP contribution in [0.2, 0.25) is 0 Å². The van der Waals surface area contributed by atoms with Crippen LogP contribution in [0.4, 0.5) is 0 Å². The molecule has 4 heteroatoms. The van der Waals surface area contributed by atoms with Crippen LogP contribution in [-0.2, 0) is 0 Å². The summed E-state index contributed by atoms with van der Waals surface area (Å²) in [6, 6.07) is 1.82. The first-order valence-electron chi connectivity index (χ1n) is 5.01. The van der Waals surface area contributed by atoms with Crippen molar-refractivity contribution in [2.24, 2.45) is 5.73 Å². The number of pyridine rings is 1. The second kappa shape index (κ2) is 4.77. The lowest BCUT2D eigenvalue weighted by atomic mass is 10.1. The number of ether oxygens (including phenoxy) is 1. The smallest absolute Gasteiger partial charge is 0.133 e. The van der Waals surface area contributed by atoms with Gasteiger partial charge in [0.25, 0.3) is 0 Å². The maximum absolute atomic E-state index is 7.48. The largest absolute Gasteiger partial charge is 0.493 e. The van der Waals surface area contributed by atoms with E-state index in [1.165, 1.54) is 0 Å². The number of hydrogen-bond donors (Lipinski definition) is 2. The van der Waals surface area contributed by atoms with Gasteiger partial charge >= 0.3 is 0 Å². The Balaban J connectivity index is 3.14. The molecule has 0 aliphatic rings. The SMILES string of the molecule is CCCOc1cc(C)nc(C)c1C(=N)N. The molecule has 1 aromatic rings. The second-order valence-corrected chi connectivity index (χ2v) is 3.48. The van der Waals surface area contributed by atoms with E-state index in [-0.39, 0.29) is 5.84 Å². The van der Waals surface area contributed by atoms with Gasteiger partial charge in [-0.15, -0.1) is 0 Å². The molecule has 1 heterocycles. The molecule has 0 fully saturated rings. The van der Waals surface area contributed by atoms with Crippen molar-refractivity contribution in [1.82, 2.24) is 4.98 Å². The van der Waals surface area contributed by atoms with Gasteiger partial charge in [0.05, 0.1) is 17.9 Å². The highest BCUT2D eigenvalue weighted by atomic mass is 16.5. The third-order valence-electron chi connectivity index (χ3n) is 2.02. The topological polar surface area (TPSA) is 72.0 Å². The molecule has 0 radical (unpaired) electrons. The molecule has 0 aromatic carbocycles. The van der Waals surface area contributed by atoms with Crippen LogP contribution in [0.1, 0.15) is 30.3 Å². The minimum absolute atomic E-state index is 0.00565. The fourth-order valence-electron chi connectivity index (χ4n) is 1.45. The summed E-state index contributed by atoms with van der Waals surface area (Å²) >= 11 is 0. The van der Waals surface area contributed by atoms with Gasteiger partial charge in [-0.25, -0.2) is 0 Å². The van der Waals surface area contributed by atoms with Gasteiger partial charge in [-0.05, 0) is 20.3 Å². The van der Waals surface area contributed by atoms with E-state index in [2.05, 4.69) is 4.98 Å². The van der Waals surface area contributed by atoms with Crippen LogP contribution in [-0.4, -0.2) is 17.4 Å². The van der Waals surface area contributed by atoms with Crippen molar-refractivity contribution in [2.45, 2.75) is 27.2 Å². The summed E-state index contributed by atoms with van der Waals surface area (Å²) in [7, 11) is 0. The standard InChI is InChI=1S/C11H17N3O/c1-4-5-15-9-6-7(2)14-8(3)10(9)11(12)13/h6H,4-5H2,1-3H3,(H3,12,13). The van der Waals surface area contributed by atoms with Gasteiger partial charge < -0.3 is 10.5 Å². The lowest BCUT2D eigenvalue weighted by Crippen LogP contribution is -2.16. The monoisotopic (exact) mass is 207 g/mol. The van der Waals surface area contributed by atoms with E-state index >= 15 is 0 Å². The van der Waals surface area contributed by atoms with Crippen LogP contribution < -0.4 is 10.5 Å². The van der Waals surface area contributed by atoms with Crippen LogP contribution in [0.5, 0.6) is 5.75 Å². The lowest BCUT2D eigenvalue weighted by molar-refractivity contribution is 0.316. The Morgan fingerprint density at radius 1 is 1.53 bits per heavy atom. The maximum Gasteiger partial charge on any atom is 0.133 e. The Labute approximate surface area is 90.0 Å². The van der Waals surface area contributed by atoms with Gasteiger partial charge in [0.15, 0.2) is 0 Å². The minimum Gasteiger partial charge on any atom is -0.493 e. The van der Waals surface area contributed by atoms with E-state index in [9.17, 15) is 0 Å². The van der Waals surface area contributed by atoms with E-state index in [4.69, 9.17) is 15.9 Å². The van der Waals surface area contributed by atoms with Crippen molar-refractivity contribution in [3.63, 3.8) is 0 Å². The molecule has 1 rings (SSSR count). The molecule has 0 atom stereocenters. The molecule has 0 bridgehead atoms. The zero-order chi connectivity index (χ0) is 11.4. The third-order valence-corrected chi connectivity index (χ3v) is 2.02. The van der Waals surface area contributed by atoms with Gasteiger partial charge in [0.1, 0.15) is 11.6 Å². The fourth-order valence-corrected chi connectivity index (χ4v) is 1.45. The molecule has 0 unspecified atom stereocenters. The molecular formula is C11H17N3O. The Hall–Kier alpha value is -1.58. The van der Waals surface area contributed by atoms with E-state index in [1.54, 1.807) is 0 Å². The number of hydrogen-bond acceptors (Lipinski definition) is 3. The highest BCUT2D eigenvalue weighted by Gasteiger charge is 2.11. The number of nitrogens with one attached hydrogen (secondary N) is 1. The first kappa shape index (κ1) is 11.5. The average molecular weight is 207 g/mol. The summed E-state index contributed by atoms with van der Waals surface area (Å²) in [4.78, 5) is 4.26. The molecule has 0 aliphatic heterocycles. The highest BCUT2D eigenvalue weighted by molar-refractivity contribution is 5.98. The predicted octanol–water partition coefficient (Wildman–Crippen LogP) is 1.77. The fraction of sp³-hybridized carbons (Fsp3) is 0.455. The van der Waals surface area contributed by atoms with Crippen molar-refractivity contribution in [3.05, 3.63) is 23.0 Å². The summed E-state index contributed by atoms with van der Waals surface area (Å²) in [5.41, 5.74) is 7.73. The molecular weight excluding hydrogens is 190 g/mol. The quantitative estimate of drug-likeness (QED) is 0.583. The van der Waals surface area contributed by atoms with Crippen LogP contribution >= 0.6 is 0 Å². The first-order valence-corrected chi connectivity index (χ1v) is 5.01. The number of aryl methyl sites for hydroxylation is 2. The van der Waals surface area contributed by atoms with Crippen molar-refractivity contribution in [3.8, 4) is 5.75 Å². The van der Waals surface area contributed by atoms with Crippen molar-refractivity contribution < 1.29 is 4.74 Å². The summed E-state index contributed by atoms with van der Waals surface area (Å²) in [5, 5.41) is 7.48. The number of nitrogens with two attached hydrogens (primary N) is 1. The molecule has 3 N–H and O–H groups in total. The van der Waals surface area contributed by atoms with Gasteiger partial charge in [0.2, 0.25) is 0 Å². The lowest BCUT2D eigenvalue weighted by Gasteiger charge is -2.12. The van der Waals surface area contributed by atoms with Gasteiger partial charge in [-0.2, -0.15) is 0 Å². The minimum atomic E-state index is 0.00565. The number of rotatable bonds is 4. The van der Waals surface area contributed by atoms with E-state index in [0.29, 0.717) is 17.9 Å². The molecule has 0 aliphatic carbocycles. The van der Waals surface area contributed by atoms with E-state index in [1.807, 2.05) is 26.8 Å². The Morgan fingerprint density at radius 2 is 2.20 bits per heavy atom. The van der Waals surface area contributed by atoms with Crippen molar-refractivity contribution in [2.75, 3.05) is 6.61 Å². The maximum atomic E-state index is 7.48. The predicted molar refractivity (Wildman–Crippen MR) is 60.5 cm³/mol. The van der Waals surface area contributed by atoms with Crippen molar-refractivity contribution in [1.29, 1.82) is 5.41 Å². The third kappa shape index (κ3) is 2.68. The van der Waals surface area contributed by atoms with Crippen LogP contribution in [0.15, 0.2) is 6.07 Å². The van der Waals surface area contributed by atoms with Crippen LogP contribution in [0.25, 0.3) is 0 Å². The molecule has 15 heavy (non-hydrogen) atoms. The van der Waals surface area contributed by atoms with E-state index in [0.717, 1.165) is 17.8 Å². The summed E-state index contributed by atoms with van der Waals surface area (Å²) < 4.78 is 5.55. The van der Waals surface area contributed by atoms with Crippen LogP contribution in [0.3, 0.4) is 0 Å². The van der Waals surface area contributed by atoms with Gasteiger partial charge in [-0.3, -0.25) is 10.4 Å². The Kier molecular flexibility index (Phi) is 3.66. The van der Waals surface area contributed by atoms with E-state index < -0.39 is 0 Å². The first-order chi connectivity index (χ1) is 7.06. The molecule has 0 spiro atoms. The average Bonchev–Trinajstić information content (AvgIpc) is 2.12. The summed E-state index contributed by atoms with van der Waals surface area (Å²) in [5.74, 6) is 0.667. The second-order valence-electron chi connectivity index (χ2n) is 3.48.